The lowest BCUT2D eigenvalue weighted by Crippen LogP contribution is -2.21. The molecule has 1 aliphatic rings. The van der Waals surface area contributed by atoms with Crippen molar-refractivity contribution in [1.82, 2.24) is 9.88 Å². The molecule has 3 aromatic rings. The predicted octanol–water partition coefficient (Wildman–Crippen LogP) is 5.12. The highest BCUT2D eigenvalue weighted by atomic mass is 79.9. The number of nitrogens with one attached hydrogen (secondary N) is 1. The Bertz CT molecular complexity index is 983. The first-order chi connectivity index (χ1) is 13.7. The van der Waals surface area contributed by atoms with Crippen molar-refractivity contribution in [3.63, 3.8) is 0 Å². The number of anilines is 2. The maximum absolute atomic E-state index is 11.2. The Morgan fingerprint density at radius 1 is 1.14 bits per heavy atom. The molecule has 0 aliphatic carbocycles. The number of pyridine rings is 1. The van der Waals surface area contributed by atoms with Crippen LogP contribution in [0.5, 0.6) is 0 Å². The molecular formula is C23H24BrN3O. The number of hydrogen-bond donors (Lipinski definition) is 1. The zero-order valence-corrected chi connectivity index (χ0v) is 17.4. The fourth-order valence-electron chi connectivity index (χ4n) is 3.84. The number of aromatic nitrogens is 1. The number of nitrogens with zero attached hydrogens (tertiary/aromatic N) is 2. The van der Waals surface area contributed by atoms with Crippen LogP contribution in [-0.2, 0) is 17.6 Å². The van der Waals surface area contributed by atoms with Crippen LogP contribution in [0.25, 0.3) is 10.9 Å². The third-order valence-electron chi connectivity index (χ3n) is 5.32. The maximum atomic E-state index is 11.2. The first-order valence-electron chi connectivity index (χ1n) is 9.82. The van der Waals surface area contributed by atoms with Crippen LogP contribution in [0.4, 0.5) is 11.4 Å². The third-order valence-corrected chi connectivity index (χ3v) is 5.82. The van der Waals surface area contributed by atoms with Gasteiger partial charge in [-0.2, -0.15) is 0 Å². The zero-order chi connectivity index (χ0) is 19.3. The molecule has 4 nitrogen and oxygen atoms in total. The Hall–Kier alpha value is -2.24. The molecule has 1 N–H and O–H groups in total. The smallest absolute Gasteiger partial charge is 0.124 e. The number of carbonyl (C=O) groups excluding carboxylic acids is 1. The molecule has 2 heterocycles. The predicted molar refractivity (Wildman–Crippen MR) is 118 cm³/mol. The minimum absolute atomic E-state index is 0.340. The summed E-state index contributed by atoms with van der Waals surface area (Å²) in [6.07, 6.45) is 6.77. The summed E-state index contributed by atoms with van der Waals surface area (Å²) in [6.45, 7) is 3.57. The van der Waals surface area contributed by atoms with Crippen molar-refractivity contribution in [3.8, 4) is 0 Å². The third kappa shape index (κ3) is 4.42. The summed E-state index contributed by atoms with van der Waals surface area (Å²) >= 11 is 3.55. The van der Waals surface area contributed by atoms with Crippen LogP contribution in [0.1, 0.15) is 24.0 Å². The number of likely N-dealkylation sites (tertiary alicyclic amines) is 1. The van der Waals surface area contributed by atoms with Gasteiger partial charge in [-0.25, -0.2) is 0 Å². The van der Waals surface area contributed by atoms with E-state index in [0.29, 0.717) is 6.42 Å². The van der Waals surface area contributed by atoms with E-state index in [0.717, 1.165) is 51.6 Å². The van der Waals surface area contributed by atoms with Gasteiger partial charge in [-0.3, -0.25) is 4.98 Å². The van der Waals surface area contributed by atoms with E-state index in [4.69, 9.17) is 0 Å². The van der Waals surface area contributed by atoms with E-state index in [1.54, 1.807) is 6.20 Å². The minimum atomic E-state index is 0.340. The fourth-order valence-corrected chi connectivity index (χ4v) is 4.20. The Labute approximate surface area is 174 Å². The standard InChI is InChI=1S/C23H24BrN3O/c24-19-6-7-22-21(15-19)23(18(9-13-28)16-25-22)26-20-5-3-4-17(14-20)8-12-27-10-1-2-11-27/h3-7,13-16H,1-2,8-12H2,(H,25,26). The highest BCUT2D eigenvalue weighted by Gasteiger charge is 2.12. The lowest BCUT2D eigenvalue weighted by atomic mass is 10.1. The first kappa shape index (κ1) is 19.1. The maximum Gasteiger partial charge on any atom is 0.124 e. The topological polar surface area (TPSA) is 45.2 Å². The van der Waals surface area contributed by atoms with E-state index in [1.165, 1.54) is 31.5 Å². The lowest BCUT2D eigenvalue weighted by Gasteiger charge is -2.16. The summed E-state index contributed by atoms with van der Waals surface area (Å²) in [5.41, 5.74) is 5.13. The van der Waals surface area contributed by atoms with Gasteiger partial charge < -0.3 is 15.0 Å². The highest BCUT2D eigenvalue weighted by Crippen LogP contribution is 2.31. The summed E-state index contributed by atoms with van der Waals surface area (Å²) in [5.74, 6) is 0. The molecule has 0 radical (unpaired) electrons. The molecule has 144 valence electrons. The molecule has 2 aromatic carbocycles. The summed E-state index contributed by atoms with van der Waals surface area (Å²) < 4.78 is 0.993. The summed E-state index contributed by atoms with van der Waals surface area (Å²) in [4.78, 5) is 18.2. The normalized spacial score (nSPS) is 14.5. The Morgan fingerprint density at radius 2 is 2.00 bits per heavy atom. The summed E-state index contributed by atoms with van der Waals surface area (Å²) in [6, 6.07) is 14.6. The molecule has 0 unspecified atom stereocenters. The molecule has 1 saturated heterocycles. The van der Waals surface area contributed by atoms with Gasteiger partial charge in [-0.05, 0) is 68.2 Å². The fraction of sp³-hybridized carbons (Fsp3) is 0.304. The van der Waals surface area contributed by atoms with Crippen LogP contribution in [0.3, 0.4) is 0 Å². The number of fused-ring (bicyclic) bond motifs is 1. The van der Waals surface area contributed by atoms with Gasteiger partial charge in [0.2, 0.25) is 0 Å². The van der Waals surface area contributed by atoms with Crippen molar-refractivity contribution in [2.75, 3.05) is 25.0 Å². The van der Waals surface area contributed by atoms with Crippen molar-refractivity contribution >= 4 is 44.5 Å². The molecule has 1 aliphatic heterocycles. The van der Waals surface area contributed by atoms with Gasteiger partial charge in [0.15, 0.2) is 0 Å². The molecular weight excluding hydrogens is 414 g/mol. The number of halogens is 1. The molecule has 0 bridgehead atoms. The average Bonchev–Trinajstić information content (AvgIpc) is 3.22. The lowest BCUT2D eigenvalue weighted by molar-refractivity contribution is -0.107. The monoisotopic (exact) mass is 437 g/mol. The summed E-state index contributed by atoms with van der Waals surface area (Å²) in [7, 11) is 0. The molecule has 28 heavy (non-hydrogen) atoms. The number of hydrogen-bond acceptors (Lipinski definition) is 4. The second-order valence-electron chi connectivity index (χ2n) is 7.31. The number of benzene rings is 2. The molecule has 0 spiro atoms. The number of carbonyl (C=O) groups is 1. The largest absolute Gasteiger partial charge is 0.355 e. The van der Waals surface area contributed by atoms with Gasteiger partial charge >= 0.3 is 0 Å². The van der Waals surface area contributed by atoms with Crippen molar-refractivity contribution in [1.29, 1.82) is 0 Å². The van der Waals surface area contributed by atoms with Gasteiger partial charge in [0.25, 0.3) is 0 Å². The van der Waals surface area contributed by atoms with E-state index in [-0.39, 0.29) is 0 Å². The van der Waals surface area contributed by atoms with Gasteiger partial charge in [-0.1, -0.05) is 28.1 Å². The average molecular weight is 438 g/mol. The first-order valence-corrected chi connectivity index (χ1v) is 10.6. The van der Waals surface area contributed by atoms with Gasteiger partial charge in [0, 0.05) is 40.3 Å². The molecule has 5 heteroatoms. The molecule has 0 atom stereocenters. The molecule has 0 saturated carbocycles. The van der Waals surface area contributed by atoms with Crippen molar-refractivity contribution in [3.05, 3.63) is 64.3 Å². The van der Waals surface area contributed by atoms with E-state index >= 15 is 0 Å². The van der Waals surface area contributed by atoms with Gasteiger partial charge in [0.05, 0.1) is 11.2 Å². The van der Waals surface area contributed by atoms with E-state index in [2.05, 4.69) is 61.5 Å². The minimum Gasteiger partial charge on any atom is -0.355 e. The highest BCUT2D eigenvalue weighted by molar-refractivity contribution is 9.10. The quantitative estimate of drug-likeness (QED) is 0.520. The van der Waals surface area contributed by atoms with Crippen LogP contribution < -0.4 is 5.32 Å². The van der Waals surface area contributed by atoms with Crippen LogP contribution in [0.15, 0.2) is 53.1 Å². The van der Waals surface area contributed by atoms with Crippen LogP contribution in [0.2, 0.25) is 0 Å². The van der Waals surface area contributed by atoms with E-state index in [9.17, 15) is 4.79 Å². The van der Waals surface area contributed by atoms with Gasteiger partial charge in [-0.15, -0.1) is 0 Å². The SMILES string of the molecule is O=CCc1cnc2ccc(Br)cc2c1Nc1cccc(CCN2CCCC2)c1. The molecule has 1 aromatic heterocycles. The number of aldehydes is 1. The van der Waals surface area contributed by atoms with E-state index < -0.39 is 0 Å². The van der Waals surface area contributed by atoms with Crippen molar-refractivity contribution in [2.24, 2.45) is 0 Å². The Kier molecular flexibility index (Phi) is 6.03. The zero-order valence-electron chi connectivity index (χ0n) is 15.8. The van der Waals surface area contributed by atoms with E-state index in [1.807, 2.05) is 12.1 Å². The molecule has 1 fully saturated rings. The van der Waals surface area contributed by atoms with Crippen molar-refractivity contribution in [2.45, 2.75) is 25.7 Å². The van der Waals surface area contributed by atoms with Gasteiger partial charge in [0.1, 0.15) is 6.29 Å². The number of rotatable bonds is 7. The second kappa shape index (κ2) is 8.84. The van der Waals surface area contributed by atoms with Crippen LogP contribution in [0, 0.1) is 0 Å². The molecule has 0 amide bonds. The van der Waals surface area contributed by atoms with Crippen LogP contribution in [-0.4, -0.2) is 35.8 Å². The molecule has 4 rings (SSSR count). The Morgan fingerprint density at radius 3 is 2.82 bits per heavy atom. The summed E-state index contributed by atoms with van der Waals surface area (Å²) in [5, 5.41) is 4.57. The second-order valence-corrected chi connectivity index (χ2v) is 8.23. The van der Waals surface area contributed by atoms with Crippen molar-refractivity contribution < 1.29 is 4.79 Å². The van der Waals surface area contributed by atoms with Crippen LogP contribution >= 0.6 is 15.9 Å². The Balaban J connectivity index is 1.61.